The van der Waals surface area contributed by atoms with Gasteiger partial charge < -0.3 is 29.6 Å². The minimum Gasteiger partial charge on any atom is -0.493 e. The summed E-state index contributed by atoms with van der Waals surface area (Å²) in [7, 11) is 1.58. The second kappa shape index (κ2) is 13.3. The number of nitrogens with zero attached hydrogens (tertiary/aromatic N) is 1. The molecule has 1 heterocycles. The number of ether oxygens (including phenoxy) is 2. The molecule has 2 aromatic carbocycles. The van der Waals surface area contributed by atoms with Crippen LogP contribution in [0.5, 0.6) is 5.75 Å². The molecule has 202 valence electrons. The lowest BCUT2D eigenvalue weighted by molar-refractivity contribution is -0.136. The molecule has 3 aromatic rings. The minimum absolute atomic E-state index is 0.0244. The first-order valence-corrected chi connectivity index (χ1v) is 12.4. The highest BCUT2D eigenvalue weighted by molar-refractivity contribution is 5.95. The molecule has 0 aliphatic rings. The van der Waals surface area contributed by atoms with Crippen LogP contribution in [0, 0.1) is 6.92 Å². The van der Waals surface area contributed by atoms with Crippen LogP contribution < -0.4 is 15.4 Å². The third-order valence-electron chi connectivity index (χ3n) is 5.65. The molecule has 0 radical (unpaired) electrons. The first-order valence-electron chi connectivity index (χ1n) is 12.4. The van der Waals surface area contributed by atoms with Crippen LogP contribution in [0.15, 0.2) is 46.9 Å². The number of carbonyl (C=O) groups is 3. The monoisotopic (exact) mass is 523 g/mol. The number of rotatable bonds is 12. The topological polar surface area (TPSA) is 140 Å². The van der Waals surface area contributed by atoms with Crippen molar-refractivity contribution in [1.82, 2.24) is 15.6 Å². The lowest BCUT2D eigenvalue weighted by atomic mass is 10.0. The molecular weight excluding hydrogens is 490 g/mol. The highest BCUT2D eigenvalue weighted by Gasteiger charge is 2.14. The Balaban J connectivity index is 1.66. The van der Waals surface area contributed by atoms with Gasteiger partial charge in [0.2, 0.25) is 5.89 Å². The van der Waals surface area contributed by atoms with Crippen LogP contribution in [0.3, 0.4) is 0 Å². The molecule has 3 rings (SSSR count). The van der Waals surface area contributed by atoms with E-state index >= 15 is 0 Å². The summed E-state index contributed by atoms with van der Waals surface area (Å²) in [6.07, 6.45) is -0.0123. The van der Waals surface area contributed by atoms with E-state index in [0.717, 1.165) is 16.8 Å². The summed E-state index contributed by atoms with van der Waals surface area (Å²) in [6.45, 7) is 5.84. The standard InChI is InChI=1S/C28H33N3O7/c1-17(2)37-28(35)30-16-22-15-23(10-8-19(22)9-11-25(32)33)36-13-12-24-18(3)38-27(31-24)21-7-5-6-20(14-21)26(34)29-4/h5-8,10,14-15,17H,9,11-13,16H2,1-4H3,(H,29,34)(H,30,35)(H,32,33). The predicted molar refractivity (Wildman–Crippen MR) is 140 cm³/mol. The minimum atomic E-state index is -0.897. The largest absolute Gasteiger partial charge is 0.493 e. The summed E-state index contributed by atoms with van der Waals surface area (Å²) in [5.41, 5.74) is 3.51. The maximum Gasteiger partial charge on any atom is 0.407 e. The van der Waals surface area contributed by atoms with Crippen molar-refractivity contribution in [2.75, 3.05) is 13.7 Å². The van der Waals surface area contributed by atoms with Crippen LogP contribution in [0.2, 0.25) is 0 Å². The van der Waals surface area contributed by atoms with Crippen molar-refractivity contribution < 1.29 is 33.4 Å². The number of hydrogen-bond acceptors (Lipinski definition) is 7. The Morgan fingerprint density at radius 2 is 1.87 bits per heavy atom. The third-order valence-corrected chi connectivity index (χ3v) is 5.65. The molecule has 0 spiro atoms. The smallest absolute Gasteiger partial charge is 0.407 e. The number of benzene rings is 2. The lowest BCUT2D eigenvalue weighted by Gasteiger charge is -2.14. The molecule has 0 saturated heterocycles. The number of carboxylic acids is 1. The van der Waals surface area contributed by atoms with Gasteiger partial charge in [-0.2, -0.15) is 0 Å². The number of nitrogens with one attached hydrogen (secondary N) is 2. The number of carbonyl (C=O) groups excluding carboxylic acids is 2. The van der Waals surface area contributed by atoms with Gasteiger partial charge in [-0.15, -0.1) is 0 Å². The van der Waals surface area contributed by atoms with Gasteiger partial charge in [-0.3, -0.25) is 9.59 Å². The van der Waals surface area contributed by atoms with Gasteiger partial charge in [-0.05, 0) is 68.7 Å². The number of oxazole rings is 1. The quantitative estimate of drug-likeness (QED) is 0.320. The van der Waals surface area contributed by atoms with Crippen molar-refractivity contribution in [3.63, 3.8) is 0 Å². The van der Waals surface area contributed by atoms with E-state index < -0.39 is 12.1 Å². The van der Waals surface area contributed by atoms with E-state index in [4.69, 9.17) is 19.0 Å². The first-order chi connectivity index (χ1) is 18.2. The maximum atomic E-state index is 11.9. The molecule has 0 bridgehead atoms. The van der Waals surface area contributed by atoms with Crippen molar-refractivity contribution in [1.29, 1.82) is 0 Å². The number of aromatic nitrogens is 1. The summed E-state index contributed by atoms with van der Waals surface area (Å²) in [6, 6.07) is 12.4. The molecule has 0 unspecified atom stereocenters. The number of aryl methyl sites for hydroxylation is 2. The van der Waals surface area contributed by atoms with Gasteiger partial charge in [-0.25, -0.2) is 9.78 Å². The van der Waals surface area contributed by atoms with E-state index in [1.54, 1.807) is 51.2 Å². The normalized spacial score (nSPS) is 10.8. The SMILES string of the molecule is CNC(=O)c1cccc(-c2nc(CCOc3ccc(CCC(=O)O)c(CNC(=O)OC(C)C)c3)c(C)o2)c1. The number of aliphatic carboxylic acids is 1. The van der Waals surface area contributed by atoms with Gasteiger partial charge in [0.15, 0.2) is 0 Å². The molecular formula is C28H33N3O7. The van der Waals surface area contributed by atoms with E-state index in [2.05, 4.69) is 15.6 Å². The molecule has 1 aromatic heterocycles. The van der Waals surface area contributed by atoms with Crippen LogP contribution in [0.25, 0.3) is 11.5 Å². The Hall–Kier alpha value is -4.34. The zero-order valence-corrected chi connectivity index (χ0v) is 22.0. The van der Waals surface area contributed by atoms with Crippen molar-refractivity contribution in [2.45, 2.75) is 52.7 Å². The van der Waals surface area contributed by atoms with E-state index in [9.17, 15) is 14.4 Å². The third kappa shape index (κ3) is 8.09. The summed E-state index contributed by atoms with van der Waals surface area (Å²) < 4.78 is 16.9. The Morgan fingerprint density at radius 3 is 2.58 bits per heavy atom. The summed E-state index contributed by atoms with van der Waals surface area (Å²) in [5, 5.41) is 14.4. The maximum absolute atomic E-state index is 11.9. The van der Waals surface area contributed by atoms with Crippen LogP contribution >= 0.6 is 0 Å². The van der Waals surface area contributed by atoms with E-state index in [-0.39, 0.29) is 25.0 Å². The van der Waals surface area contributed by atoms with Crippen LogP contribution in [-0.2, 0) is 28.9 Å². The molecule has 10 heteroatoms. The molecule has 0 fully saturated rings. The van der Waals surface area contributed by atoms with E-state index in [1.807, 2.05) is 19.1 Å². The second-order valence-corrected chi connectivity index (χ2v) is 8.91. The molecule has 2 amide bonds. The van der Waals surface area contributed by atoms with Gasteiger partial charge in [0.05, 0.1) is 18.4 Å². The van der Waals surface area contributed by atoms with E-state index in [1.165, 1.54) is 0 Å². The highest BCUT2D eigenvalue weighted by atomic mass is 16.6. The average molecular weight is 524 g/mol. The van der Waals surface area contributed by atoms with Gasteiger partial charge in [-0.1, -0.05) is 12.1 Å². The molecule has 0 aliphatic heterocycles. The van der Waals surface area contributed by atoms with Gasteiger partial charge in [0.25, 0.3) is 5.91 Å². The molecule has 0 saturated carbocycles. The Bertz CT molecular complexity index is 1280. The van der Waals surface area contributed by atoms with Crippen LogP contribution in [0.4, 0.5) is 4.79 Å². The van der Waals surface area contributed by atoms with Crippen molar-refractivity contribution in [3.05, 3.63) is 70.6 Å². The first kappa shape index (κ1) is 28.2. The fourth-order valence-corrected chi connectivity index (χ4v) is 3.75. The molecule has 38 heavy (non-hydrogen) atoms. The van der Waals surface area contributed by atoms with Crippen molar-refractivity contribution in [2.24, 2.45) is 0 Å². The Morgan fingerprint density at radius 1 is 1.08 bits per heavy atom. The molecule has 10 nitrogen and oxygen atoms in total. The fraction of sp³-hybridized carbons (Fsp3) is 0.357. The predicted octanol–water partition coefficient (Wildman–Crippen LogP) is 4.28. The van der Waals surface area contributed by atoms with Crippen molar-refractivity contribution in [3.8, 4) is 17.2 Å². The summed E-state index contributed by atoms with van der Waals surface area (Å²) in [4.78, 5) is 39.5. The average Bonchev–Trinajstić information content (AvgIpc) is 3.26. The van der Waals surface area contributed by atoms with Gasteiger partial charge in [0, 0.05) is 37.6 Å². The van der Waals surface area contributed by atoms with Crippen molar-refractivity contribution >= 4 is 18.0 Å². The number of hydrogen-bond donors (Lipinski definition) is 3. The number of amides is 2. The zero-order valence-electron chi connectivity index (χ0n) is 22.0. The highest BCUT2D eigenvalue weighted by Crippen LogP contribution is 2.24. The van der Waals surface area contributed by atoms with Crippen LogP contribution in [0.1, 0.15) is 53.2 Å². The second-order valence-electron chi connectivity index (χ2n) is 8.91. The number of alkyl carbamates (subject to hydrolysis) is 1. The van der Waals surface area contributed by atoms with Gasteiger partial charge >= 0.3 is 12.1 Å². The summed E-state index contributed by atoms with van der Waals surface area (Å²) >= 11 is 0. The van der Waals surface area contributed by atoms with E-state index in [0.29, 0.717) is 48.0 Å². The Kier molecular flexibility index (Phi) is 9.86. The number of carboxylic acid groups (broad SMARTS) is 1. The molecule has 3 N–H and O–H groups in total. The summed E-state index contributed by atoms with van der Waals surface area (Å²) in [5.74, 6) is 0.576. The van der Waals surface area contributed by atoms with Gasteiger partial charge in [0.1, 0.15) is 11.5 Å². The Labute approximate surface area is 221 Å². The zero-order chi connectivity index (χ0) is 27.7. The molecule has 0 atom stereocenters. The van der Waals surface area contributed by atoms with Crippen LogP contribution in [-0.4, -0.2) is 47.8 Å². The fourth-order valence-electron chi connectivity index (χ4n) is 3.75. The lowest BCUT2D eigenvalue weighted by Crippen LogP contribution is -2.26. The molecule has 0 aliphatic carbocycles.